The zero-order chi connectivity index (χ0) is 22.9. The summed E-state index contributed by atoms with van der Waals surface area (Å²) in [5.74, 6) is -0.381. The quantitative estimate of drug-likeness (QED) is 0.555. The van der Waals surface area contributed by atoms with Crippen molar-refractivity contribution in [2.24, 2.45) is 0 Å². The minimum atomic E-state index is -4.61. The van der Waals surface area contributed by atoms with Crippen LogP contribution in [0.1, 0.15) is 11.3 Å². The molecular formula is C23H22ClF3N4O. The number of amides is 1. The van der Waals surface area contributed by atoms with E-state index in [2.05, 4.69) is 10.00 Å². The molecule has 5 nitrogen and oxygen atoms in total. The molecule has 0 saturated carbocycles. The number of halogens is 4. The third kappa shape index (κ3) is 4.60. The van der Waals surface area contributed by atoms with Gasteiger partial charge in [0.25, 0.3) is 0 Å². The molecule has 1 aliphatic rings. The first kappa shape index (κ1) is 22.2. The van der Waals surface area contributed by atoms with Gasteiger partial charge in [0, 0.05) is 48.0 Å². The lowest BCUT2D eigenvalue weighted by Crippen LogP contribution is -2.49. The van der Waals surface area contributed by atoms with Crippen molar-refractivity contribution >= 4 is 23.2 Å². The number of carbonyl (C=O) groups is 1. The van der Waals surface area contributed by atoms with Crippen LogP contribution in [0.25, 0.3) is 11.3 Å². The van der Waals surface area contributed by atoms with Crippen LogP contribution < -0.4 is 4.90 Å². The lowest BCUT2D eigenvalue weighted by molar-refractivity contribution is -0.146. The van der Waals surface area contributed by atoms with E-state index in [1.54, 1.807) is 47.4 Å². The van der Waals surface area contributed by atoms with E-state index in [1.807, 2.05) is 12.1 Å². The van der Waals surface area contributed by atoms with Crippen molar-refractivity contribution in [2.45, 2.75) is 19.6 Å². The zero-order valence-corrected chi connectivity index (χ0v) is 18.2. The van der Waals surface area contributed by atoms with Gasteiger partial charge in [-0.05, 0) is 31.2 Å². The topological polar surface area (TPSA) is 41.4 Å². The first-order chi connectivity index (χ1) is 15.2. The molecule has 1 amide bonds. The molecule has 1 aromatic heterocycles. The molecule has 0 atom stereocenters. The Hall–Kier alpha value is -3.00. The van der Waals surface area contributed by atoms with E-state index in [0.29, 0.717) is 36.8 Å². The molecule has 0 N–H and O–H groups in total. The Morgan fingerprint density at radius 1 is 1.00 bits per heavy atom. The first-order valence-electron chi connectivity index (χ1n) is 10.2. The smallest absolute Gasteiger partial charge is 0.368 e. The molecular weight excluding hydrogens is 441 g/mol. The van der Waals surface area contributed by atoms with Gasteiger partial charge in [-0.1, -0.05) is 41.9 Å². The number of carbonyl (C=O) groups excluding carboxylic acids is 1. The van der Waals surface area contributed by atoms with E-state index in [9.17, 15) is 18.0 Å². The van der Waals surface area contributed by atoms with Crippen LogP contribution in [0.15, 0.2) is 54.6 Å². The standard InChI is InChI=1S/C23H22ClF3N4O/c1-16-21(17-5-3-2-4-6-17)28-31(22(16)23(25,26)27)15-20(32)30-13-11-29(12-14-30)19-9-7-18(24)8-10-19/h2-10H,11-15H2,1H3. The van der Waals surface area contributed by atoms with Crippen LogP contribution in [-0.4, -0.2) is 46.8 Å². The predicted octanol–water partition coefficient (Wildman–Crippen LogP) is 4.88. The van der Waals surface area contributed by atoms with Crippen molar-refractivity contribution in [1.29, 1.82) is 0 Å². The zero-order valence-electron chi connectivity index (χ0n) is 17.4. The molecule has 3 aromatic rings. The monoisotopic (exact) mass is 462 g/mol. The Kier molecular flexibility index (Phi) is 6.15. The molecule has 0 unspecified atom stereocenters. The normalized spacial score (nSPS) is 14.7. The highest BCUT2D eigenvalue weighted by atomic mass is 35.5. The molecule has 2 aromatic carbocycles. The van der Waals surface area contributed by atoms with Crippen LogP contribution in [0, 0.1) is 6.92 Å². The molecule has 4 rings (SSSR count). The van der Waals surface area contributed by atoms with Crippen LogP contribution in [0.2, 0.25) is 5.02 Å². The molecule has 2 heterocycles. The van der Waals surface area contributed by atoms with Gasteiger partial charge >= 0.3 is 6.18 Å². The highest BCUT2D eigenvalue weighted by Gasteiger charge is 2.39. The maximum Gasteiger partial charge on any atom is 0.433 e. The molecule has 0 aliphatic carbocycles. The van der Waals surface area contributed by atoms with Crippen molar-refractivity contribution < 1.29 is 18.0 Å². The minimum Gasteiger partial charge on any atom is -0.368 e. The first-order valence-corrected chi connectivity index (χ1v) is 10.6. The second kappa shape index (κ2) is 8.86. The van der Waals surface area contributed by atoms with Gasteiger partial charge in [-0.3, -0.25) is 9.48 Å². The van der Waals surface area contributed by atoms with E-state index < -0.39 is 18.4 Å². The van der Waals surface area contributed by atoms with Crippen molar-refractivity contribution in [3.8, 4) is 11.3 Å². The number of hydrogen-bond donors (Lipinski definition) is 0. The molecule has 9 heteroatoms. The van der Waals surface area contributed by atoms with Gasteiger partial charge in [0.05, 0.1) is 5.69 Å². The molecule has 0 radical (unpaired) electrons. The summed E-state index contributed by atoms with van der Waals surface area (Å²) in [6.45, 7) is 2.97. The SMILES string of the molecule is Cc1c(-c2ccccc2)nn(CC(=O)N2CCN(c3ccc(Cl)cc3)CC2)c1C(F)(F)F. The van der Waals surface area contributed by atoms with Gasteiger partial charge in [0.1, 0.15) is 12.2 Å². The third-order valence-electron chi connectivity index (χ3n) is 5.61. The Balaban J connectivity index is 1.50. The highest BCUT2D eigenvalue weighted by molar-refractivity contribution is 6.30. The second-order valence-electron chi connectivity index (χ2n) is 7.69. The Bertz CT molecular complexity index is 1090. The number of nitrogens with zero attached hydrogens (tertiary/aromatic N) is 4. The fraction of sp³-hybridized carbons (Fsp3) is 0.304. The van der Waals surface area contributed by atoms with Crippen molar-refractivity contribution in [3.63, 3.8) is 0 Å². The van der Waals surface area contributed by atoms with Gasteiger partial charge in [-0.15, -0.1) is 0 Å². The molecule has 1 aliphatic heterocycles. The van der Waals surface area contributed by atoms with Crippen LogP contribution in [0.5, 0.6) is 0 Å². The summed E-state index contributed by atoms with van der Waals surface area (Å²) < 4.78 is 42.2. The summed E-state index contributed by atoms with van der Waals surface area (Å²) in [7, 11) is 0. The van der Waals surface area contributed by atoms with Gasteiger partial charge in [-0.25, -0.2) is 0 Å². The van der Waals surface area contributed by atoms with Crippen LogP contribution in [-0.2, 0) is 17.5 Å². The molecule has 1 saturated heterocycles. The van der Waals surface area contributed by atoms with E-state index in [4.69, 9.17) is 11.6 Å². The Morgan fingerprint density at radius 3 is 2.22 bits per heavy atom. The Labute approximate surface area is 189 Å². The van der Waals surface area contributed by atoms with Crippen LogP contribution in [0.4, 0.5) is 18.9 Å². The average Bonchev–Trinajstić information content (AvgIpc) is 3.11. The molecule has 32 heavy (non-hydrogen) atoms. The lowest BCUT2D eigenvalue weighted by Gasteiger charge is -2.36. The summed E-state index contributed by atoms with van der Waals surface area (Å²) in [6, 6.07) is 16.1. The van der Waals surface area contributed by atoms with E-state index in [1.165, 1.54) is 6.92 Å². The molecule has 0 bridgehead atoms. The summed E-state index contributed by atoms with van der Waals surface area (Å²) >= 11 is 5.93. The maximum atomic E-state index is 13.8. The lowest BCUT2D eigenvalue weighted by atomic mass is 10.1. The van der Waals surface area contributed by atoms with Crippen molar-refractivity contribution in [1.82, 2.24) is 14.7 Å². The van der Waals surface area contributed by atoms with E-state index >= 15 is 0 Å². The minimum absolute atomic E-state index is 0.0176. The number of alkyl halides is 3. The summed E-state index contributed by atoms with van der Waals surface area (Å²) in [6.07, 6.45) is -4.61. The largest absolute Gasteiger partial charge is 0.433 e. The van der Waals surface area contributed by atoms with E-state index in [-0.39, 0.29) is 17.2 Å². The fourth-order valence-corrected chi connectivity index (χ4v) is 4.12. The van der Waals surface area contributed by atoms with Crippen LogP contribution in [0.3, 0.4) is 0 Å². The van der Waals surface area contributed by atoms with Crippen LogP contribution >= 0.6 is 11.6 Å². The number of piperazine rings is 1. The Morgan fingerprint density at radius 2 is 1.62 bits per heavy atom. The molecule has 1 fully saturated rings. The number of rotatable bonds is 4. The molecule has 0 spiro atoms. The third-order valence-corrected chi connectivity index (χ3v) is 5.87. The number of benzene rings is 2. The fourth-order valence-electron chi connectivity index (χ4n) is 3.99. The molecule has 168 valence electrons. The van der Waals surface area contributed by atoms with Crippen molar-refractivity contribution in [3.05, 3.63) is 70.9 Å². The van der Waals surface area contributed by atoms with Crippen molar-refractivity contribution in [2.75, 3.05) is 31.1 Å². The maximum absolute atomic E-state index is 13.8. The van der Waals surface area contributed by atoms with Gasteiger partial charge in [-0.2, -0.15) is 18.3 Å². The number of hydrogen-bond acceptors (Lipinski definition) is 3. The average molecular weight is 463 g/mol. The summed E-state index contributed by atoms with van der Waals surface area (Å²) in [5, 5.41) is 4.82. The van der Waals surface area contributed by atoms with Gasteiger partial charge < -0.3 is 9.80 Å². The summed E-state index contributed by atoms with van der Waals surface area (Å²) in [5.41, 5.74) is 0.946. The van der Waals surface area contributed by atoms with E-state index in [0.717, 1.165) is 10.4 Å². The van der Waals surface area contributed by atoms with Gasteiger partial charge in [0.15, 0.2) is 0 Å². The summed E-state index contributed by atoms with van der Waals surface area (Å²) in [4.78, 5) is 16.6. The number of aromatic nitrogens is 2. The predicted molar refractivity (Wildman–Crippen MR) is 118 cm³/mol. The highest BCUT2D eigenvalue weighted by Crippen LogP contribution is 2.36. The number of anilines is 1. The second-order valence-corrected chi connectivity index (χ2v) is 8.12. The van der Waals surface area contributed by atoms with Gasteiger partial charge in [0.2, 0.25) is 5.91 Å².